The molecule has 0 aromatic carbocycles. The Kier molecular flexibility index (Phi) is 14.7. The standard InChI is InChI=1S/C18H36O3S.Na/c1-2-3-4-5-6-7-8-9-10-11-12-17-13-15-18(16-14-17)22(19,20)21;/h17-18H,2-16H2,1H3,(H,19,20,21);/q;+1/p-1. The fraction of sp³-hybridized carbons (Fsp3) is 1.00. The second-order valence-electron chi connectivity index (χ2n) is 7.11. The van der Waals surface area contributed by atoms with Gasteiger partial charge in [-0.25, -0.2) is 8.42 Å². The van der Waals surface area contributed by atoms with Crippen LogP contribution in [-0.4, -0.2) is 18.2 Å². The summed E-state index contributed by atoms with van der Waals surface area (Å²) < 4.78 is 32.9. The van der Waals surface area contributed by atoms with Crippen molar-refractivity contribution in [3.8, 4) is 0 Å². The molecule has 1 aliphatic rings. The molecule has 3 nitrogen and oxygen atoms in total. The van der Waals surface area contributed by atoms with Crippen LogP contribution in [0.1, 0.15) is 103 Å². The van der Waals surface area contributed by atoms with E-state index in [9.17, 15) is 13.0 Å². The minimum Gasteiger partial charge on any atom is -0.748 e. The van der Waals surface area contributed by atoms with Gasteiger partial charge in [0.15, 0.2) is 0 Å². The zero-order valence-electron chi connectivity index (χ0n) is 15.4. The van der Waals surface area contributed by atoms with Crippen molar-refractivity contribution in [1.82, 2.24) is 0 Å². The number of hydrogen-bond donors (Lipinski definition) is 0. The summed E-state index contributed by atoms with van der Waals surface area (Å²) in [6.07, 6.45) is 17.9. The van der Waals surface area contributed by atoms with Crippen LogP contribution in [0, 0.1) is 5.92 Å². The molecule has 1 rings (SSSR count). The Hall–Kier alpha value is 0.910. The minimum atomic E-state index is -4.04. The molecular weight excluding hydrogens is 319 g/mol. The van der Waals surface area contributed by atoms with E-state index < -0.39 is 15.4 Å². The Morgan fingerprint density at radius 3 is 1.65 bits per heavy atom. The molecule has 0 unspecified atom stereocenters. The molecule has 0 aromatic heterocycles. The van der Waals surface area contributed by atoms with Crippen molar-refractivity contribution >= 4 is 10.1 Å². The van der Waals surface area contributed by atoms with Crippen molar-refractivity contribution in [3.63, 3.8) is 0 Å². The van der Waals surface area contributed by atoms with E-state index in [4.69, 9.17) is 0 Å². The van der Waals surface area contributed by atoms with E-state index in [1.54, 1.807) is 0 Å². The van der Waals surface area contributed by atoms with Gasteiger partial charge in [0.1, 0.15) is 0 Å². The van der Waals surface area contributed by atoms with Crippen LogP contribution in [0.4, 0.5) is 0 Å². The Morgan fingerprint density at radius 1 is 0.783 bits per heavy atom. The second kappa shape index (κ2) is 14.1. The quantitative estimate of drug-likeness (QED) is 0.307. The first-order valence-electron chi connectivity index (χ1n) is 9.48. The minimum absolute atomic E-state index is 0. The normalized spacial score (nSPS) is 21.8. The molecule has 0 bridgehead atoms. The second-order valence-corrected chi connectivity index (χ2v) is 8.76. The average Bonchev–Trinajstić information content (AvgIpc) is 2.49. The molecule has 0 aliphatic heterocycles. The summed E-state index contributed by atoms with van der Waals surface area (Å²) in [4.78, 5) is 0. The van der Waals surface area contributed by atoms with E-state index in [1.807, 2.05) is 0 Å². The van der Waals surface area contributed by atoms with E-state index in [2.05, 4.69) is 6.92 Å². The summed E-state index contributed by atoms with van der Waals surface area (Å²) in [5.74, 6) is 0.659. The van der Waals surface area contributed by atoms with E-state index in [1.165, 1.54) is 70.6 Å². The van der Waals surface area contributed by atoms with Gasteiger partial charge in [-0.3, -0.25) is 0 Å². The first-order valence-corrected chi connectivity index (χ1v) is 11.0. The van der Waals surface area contributed by atoms with Gasteiger partial charge in [0.25, 0.3) is 0 Å². The van der Waals surface area contributed by atoms with Crippen LogP contribution in [0.25, 0.3) is 0 Å². The first kappa shape index (κ1) is 23.9. The molecule has 0 radical (unpaired) electrons. The molecule has 0 aromatic rings. The number of hydrogen-bond acceptors (Lipinski definition) is 3. The Balaban J connectivity index is 0.00000484. The molecular formula is C18H35NaO3S. The summed E-state index contributed by atoms with van der Waals surface area (Å²) in [7, 11) is -4.04. The molecule has 0 saturated heterocycles. The van der Waals surface area contributed by atoms with Crippen molar-refractivity contribution in [2.75, 3.05) is 0 Å². The third-order valence-corrected chi connectivity index (χ3v) is 6.46. The molecule has 0 amide bonds. The summed E-state index contributed by atoms with van der Waals surface area (Å²) in [5, 5.41) is -0.601. The van der Waals surface area contributed by atoms with E-state index in [0.717, 1.165) is 12.8 Å². The van der Waals surface area contributed by atoms with Crippen LogP contribution in [0.3, 0.4) is 0 Å². The summed E-state index contributed by atoms with van der Waals surface area (Å²) in [6, 6.07) is 0. The number of rotatable bonds is 12. The molecule has 1 fully saturated rings. The smallest absolute Gasteiger partial charge is 0.748 e. The van der Waals surface area contributed by atoms with Crippen LogP contribution in [0.15, 0.2) is 0 Å². The molecule has 1 saturated carbocycles. The third kappa shape index (κ3) is 12.0. The topological polar surface area (TPSA) is 57.2 Å². The van der Waals surface area contributed by atoms with Gasteiger partial charge in [-0.05, 0) is 31.6 Å². The van der Waals surface area contributed by atoms with Crippen molar-refractivity contribution in [2.45, 2.75) is 108 Å². The fourth-order valence-electron chi connectivity index (χ4n) is 3.63. The maximum atomic E-state index is 11.0. The van der Waals surface area contributed by atoms with Crippen LogP contribution in [-0.2, 0) is 10.1 Å². The maximum absolute atomic E-state index is 11.0. The third-order valence-electron chi connectivity index (χ3n) is 5.17. The predicted molar refractivity (Wildman–Crippen MR) is 91.9 cm³/mol. The van der Waals surface area contributed by atoms with Gasteiger partial charge >= 0.3 is 29.6 Å². The van der Waals surface area contributed by atoms with E-state index in [-0.39, 0.29) is 29.6 Å². The Bertz CT molecular complexity index is 362. The monoisotopic (exact) mass is 354 g/mol. The van der Waals surface area contributed by atoms with Gasteiger partial charge in [-0.2, -0.15) is 0 Å². The van der Waals surface area contributed by atoms with Crippen LogP contribution in [0.5, 0.6) is 0 Å². The van der Waals surface area contributed by atoms with Crippen molar-refractivity contribution in [2.24, 2.45) is 5.92 Å². The molecule has 0 atom stereocenters. The Labute approximate surface area is 166 Å². The van der Waals surface area contributed by atoms with Gasteiger partial charge < -0.3 is 4.55 Å². The van der Waals surface area contributed by atoms with Crippen molar-refractivity contribution in [1.29, 1.82) is 0 Å². The van der Waals surface area contributed by atoms with Gasteiger partial charge in [0.2, 0.25) is 0 Å². The van der Waals surface area contributed by atoms with E-state index in [0.29, 0.717) is 18.8 Å². The van der Waals surface area contributed by atoms with E-state index >= 15 is 0 Å². The van der Waals surface area contributed by atoms with Gasteiger partial charge in [0.05, 0.1) is 10.1 Å². The first-order chi connectivity index (χ1) is 10.5. The van der Waals surface area contributed by atoms with Crippen molar-refractivity contribution in [3.05, 3.63) is 0 Å². The molecule has 5 heteroatoms. The zero-order valence-corrected chi connectivity index (χ0v) is 18.2. The molecule has 0 heterocycles. The molecule has 1 aliphatic carbocycles. The summed E-state index contributed by atoms with van der Waals surface area (Å²) >= 11 is 0. The van der Waals surface area contributed by atoms with Gasteiger partial charge in [0, 0.05) is 5.25 Å². The summed E-state index contributed by atoms with van der Waals surface area (Å²) in [6.45, 7) is 2.26. The molecule has 0 spiro atoms. The maximum Gasteiger partial charge on any atom is 1.00 e. The molecule has 23 heavy (non-hydrogen) atoms. The average molecular weight is 355 g/mol. The van der Waals surface area contributed by atoms with Crippen molar-refractivity contribution < 1.29 is 42.5 Å². The predicted octanol–water partition coefficient (Wildman–Crippen LogP) is 2.41. The fourth-order valence-corrected chi connectivity index (χ4v) is 4.48. The molecule has 132 valence electrons. The van der Waals surface area contributed by atoms with Gasteiger partial charge in [-0.15, -0.1) is 0 Å². The zero-order chi connectivity index (χ0) is 16.3. The molecule has 0 N–H and O–H groups in total. The number of unbranched alkanes of at least 4 members (excludes halogenated alkanes) is 9. The van der Waals surface area contributed by atoms with Crippen LogP contribution in [0.2, 0.25) is 0 Å². The van der Waals surface area contributed by atoms with Crippen LogP contribution < -0.4 is 29.6 Å². The van der Waals surface area contributed by atoms with Crippen LogP contribution >= 0.6 is 0 Å². The SMILES string of the molecule is CCCCCCCCCCCCC1CCC(S(=O)(=O)[O-])CC1.[Na+]. The Morgan fingerprint density at radius 2 is 1.22 bits per heavy atom. The van der Waals surface area contributed by atoms with Gasteiger partial charge in [-0.1, -0.05) is 77.6 Å². The largest absolute Gasteiger partial charge is 1.00 e. The summed E-state index contributed by atoms with van der Waals surface area (Å²) in [5.41, 5.74) is 0.